The number of benzene rings is 1. The van der Waals surface area contributed by atoms with Crippen LogP contribution in [0.2, 0.25) is 0 Å². The summed E-state index contributed by atoms with van der Waals surface area (Å²) in [6, 6.07) is 6.61. The standard InChI is InChI=1S/C12H14FN3O/c13-12-6-2-1-4-10(12)8-16-9-11(14-15-16)5-3-7-17/h1-2,4,6,9,17H,3,5,7-8H2. The lowest BCUT2D eigenvalue weighted by Gasteiger charge is -2.01. The number of halogens is 1. The van der Waals surface area contributed by atoms with Crippen molar-refractivity contribution < 1.29 is 9.50 Å². The molecule has 1 aromatic carbocycles. The Morgan fingerprint density at radius 3 is 2.88 bits per heavy atom. The molecule has 0 bridgehead atoms. The van der Waals surface area contributed by atoms with Crippen LogP contribution < -0.4 is 0 Å². The lowest BCUT2D eigenvalue weighted by Crippen LogP contribution is -2.02. The van der Waals surface area contributed by atoms with Gasteiger partial charge in [0.15, 0.2) is 0 Å². The number of rotatable bonds is 5. The third-order valence-electron chi connectivity index (χ3n) is 2.47. The molecule has 1 aromatic heterocycles. The maximum absolute atomic E-state index is 13.4. The van der Waals surface area contributed by atoms with Gasteiger partial charge in [-0.2, -0.15) is 0 Å². The molecule has 0 saturated carbocycles. The fourth-order valence-electron chi connectivity index (χ4n) is 1.59. The van der Waals surface area contributed by atoms with E-state index in [1.165, 1.54) is 6.07 Å². The second kappa shape index (κ2) is 5.54. The Kier molecular flexibility index (Phi) is 3.82. The molecule has 0 atom stereocenters. The van der Waals surface area contributed by atoms with Crippen LogP contribution >= 0.6 is 0 Å². The summed E-state index contributed by atoms with van der Waals surface area (Å²) in [5.74, 6) is -0.236. The first-order valence-corrected chi connectivity index (χ1v) is 5.53. The molecule has 1 N–H and O–H groups in total. The van der Waals surface area contributed by atoms with Crippen LogP contribution in [0.4, 0.5) is 4.39 Å². The van der Waals surface area contributed by atoms with Crippen LogP contribution in [0.3, 0.4) is 0 Å². The highest BCUT2D eigenvalue weighted by molar-refractivity contribution is 5.17. The smallest absolute Gasteiger partial charge is 0.128 e. The maximum atomic E-state index is 13.4. The van der Waals surface area contributed by atoms with Gasteiger partial charge in [0.05, 0.1) is 12.2 Å². The molecule has 0 aliphatic heterocycles. The van der Waals surface area contributed by atoms with Crippen LogP contribution in [0, 0.1) is 5.82 Å². The molecule has 90 valence electrons. The average Bonchev–Trinajstić information content (AvgIpc) is 2.77. The van der Waals surface area contributed by atoms with E-state index in [1.54, 1.807) is 29.1 Å². The van der Waals surface area contributed by atoms with Gasteiger partial charge >= 0.3 is 0 Å². The van der Waals surface area contributed by atoms with Gasteiger partial charge in [-0.05, 0) is 18.9 Å². The van der Waals surface area contributed by atoms with Crippen molar-refractivity contribution in [2.45, 2.75) is 19.4 Å². The van der Waals surface area contributed by atoms with E-state index in [0.29, 0.717) is 24.9 Å². The molecule has 0 aliphatic rings. The fraction of sp³-hybridized carbons (Fsp3) is 0.333. The van der Waals surface area contributed by atoms with Crippen LogP contribution in [0.1, 0.15) is 17.7 Å². The topological polar surface area (TPSA) is 50.9 Å². The average molecular weight is 235 g/mol. The van der Waals surface area contributed by atoms with Crippen molar-refractivity contribution in [2.24, 2.45) is 0 Å². The SMILES string of the molecule is OCCCc1cn(Cc2ccccc2F)nn1. The van der Waals surface area contributed by atoms with E-state index < -0.39 is 0 Å². The maximum Gasteiger partial charge on any atom is 0.128 e. The van der Waals surface area contributed by atoms with Crippen molar-refractivity contribution in [1.82, 2.24) is 15.0 Å². The van der Waals surface area contributed by atoms with E-state index in [0.717, 1.165) is 5.69 Å². The van der Waals surface area contributed by atoms with Gasteiger partial charge in [-0.15, -0.1) is 5.10 Å². The molecular weight excluding hydrogens is 221 g/mol. The summed E-state index contributed by atoms with van der Waals surface area (Å²) < 4.78 is 15.0. The minimum atomic E-state index is -0.236. The largest absolute Gasteiger partial charge is 0.396 e. The number of hydrogen-bond acceptors (Lipinski definition) is 3. The van der Waals surface area contributed by atoms with Gasteiger partial charge in [-0.3, -0.25) is 0 Å². The van der Waals surface area contributed by atoms with Crippen molar-refractivity contribution in [3.63, 3.8) is 0 Å². The quantitative estimate of drug-likeness (QED) is 0.852. The molecule has 0 fully saturated rings. The third kappa shape index (κ3) is 3.10. The summed E-state index contributed by atoms with van der Waals surface area (Å²) in [4.78, 5) is 0. The summed E-state index contributed by atoms with van der Waals surface area (Å²) in [5, 5.41) is 16.6. The van der Waals surface area contributed by atoms with Crippen LogP contribution in [0.25, 0.3) is 0 Å². The van der Waals surface area contributed by atoms with Crippen molar-refractivity contribution in [1.29, 1.82) is 0 Å². The van der Waals surface area contributed by atoms with Gasteiger partial charge in [0, 0.05) is 18.4 Å². The van der Waals surface area contributed by atoms with Crippen LogP contribution in [-0.4, -0.2) is 26.7 Å². The summed E-state index contributed by atoms with van der Waals surface area (Å²) in [6.45, 7) is 0.513. The van der Waals surface area contributed by atoms with Crippen molar-refractivity contribution in [3.05, 3.63) is 47.5 Å². The van der Waals surface area contributed by atoms with E-state index in [4.69, 9.17) is 5.11 Å². The molecule has 0 radical (unpaired) electrons. The van der Waals surface area contributed by atoms with Crippen molar-refractivity contribution in [3.8, 4) is 0 Å². The molecule has 0 amide bonds. The molecule has 0 aliphatic carbocycles. The number of aryl methyl sites for hydroxylation is 1. The minimum Gasteiger partial charge on any atom is -0.396 e. The van der Waals surface area contributed by atoms with E-state index in [-0.39, 0.29) is 12.4 Å². The Hall–Kier alpha value is -1.75. The molecule has 0 spiro atoms. The number of aliphatic hydroxyl groups is 1. The lowest BCUT2D eigenvalue weighted by molar-refractivity contribution is 0.288. The van der Waals surface area contributed by atoms with E-state index in [9.17, 15) is 4.39 Å². The van der Waals surface area contributed by atoms with Gasteiger partial charge in [0.2, 0.25) is 0 Å². The summed E-state index contributed by atoms with van der Waals surface area (Å²) >= 11 is 0. The molecule has 5 heteroatoms. The number of aliphatic hydroxyl groups excluding tert-OH is 1. The van der Waals surface area contributed by atoms with E-state index in [2.05, 4.69) is 10.3 Å². The zero-order valence-electron chi connectivity index (χ0n) is 9.38. The van der Waals surface area contributed by atoms with Gasteiger partial charge in [-0.25, -0.2) is 9.07 Å². The Bertz CT molecular complexity index is 484. The fourth-order valence-corrected chi connectivity index (χ4v) is 1.59. The molecule has 0 saturated heterocycles. The lowest BCUT2D eigenvalue weighted by atomic mass is 10.2. The van der Waals surface area contributed by atoms with Crippen molar-refractivity contribution in [2.75, 3.05) is 6.61 Å². The molecule has 17 heavy (non-hydrogen) atoms. The second-order valence-corrected chi connectivity index (χ2v) is 3.83. The first-order chi connectivity index (χ1) is 8.29. The highest BCUT2D eigenvalue weighted by atomic mass is 19.1. The summed E-state index contributed by atoms with van der Waals surface area (Å²) in [6.07, 6.45) is 3.13. The number of hydrogen-bond donors (Lipinski definition) is 1. The third-order valence-corrected chi connectivity index (χ3v) is 2.47. The molecule has 2 rings (SSSR count). The molecule has 1 heterocycles. The Balaban J connectivity index is 2.04. The summed E-state index contributed by atoms with van der Waals surface area (Å²) in [7, 11) is 0. The molecule has 2 aromatic rings. The zero-order valence-corrected chi connectivity index (χ0v) is 9.38. The Labute approximate surface area is 98.7 Å². The molecule has 4 nitrogen and oxygen atoms in total. The highest BCUT2D eigenvalue weighted by Crippen LogP contribution is 2.08. The predicted octanol–water partition coefficient (Wildman–Crippen LogP) is 1.39. The normalized spacial score (nSPS) is 10.7. The first kappa shape index (κ1) is 11.7. The second-order valence-electron chi connectivity index (χ2n) is 3.83. The van der Waals surface area contributed by atoms with Gasteiger partial charge in [0.1, 0.15) is 5.82 Å². The van der Waals surface area contributed by atoms with Gasteiger partial charge in [-0.1, -0.05) is 23.4 Å². The molecule has 0 unspecified atom stereocenters. The minimum absolute atomic E-state index is 0.139. The first-order valence-electron chi connectivity index (χ1n) is 5.53. The number of nitrogens with zero attached hydrogens (tertiary/aromatic N) is 3. The highest BCUT2D eigenvalue weighted by Gasteiger charge is 2.04. The van der Waals surface area contributed by atoms with Crippen LogP contribution in [0.5, 0.6) is 0 Å². The van der Waals surface area contributed by atoms with E-state index >= 15 is 0 Å². The predicted molar refractivity (Wildman–Crippen MR) is 60.9 cm³/mol. The van der Waals surface area contributed by atoms with E-state index in [1.807, 2.05) is 0 Å². The Morgan fingerprint density at radius 2 is 2.12 bits per heavy atom. The van der Waals surface area contributed by atoms with Crippen LogP contribution in [0.15, 0.2) is 30.5 Å². The van der Waals surface area contributed by atoms with Crippen LogP contribution in [-0.2, 0) is 13.0 Å². The number of aromatic nitrogens is 3. The Morgan fingerprint density at radius 1 is 1.29 bits per heavy atom. The molecular formula is C12H14FN3O. The van der Waals surface area contributed by atoms with Crippen molar-refractivity contribution >= 4 is 0 Å². The van der Waals surface area contributed by atoms with Gasteiger partial charge in [0.25, 0.3) is 0 Å². The summed E-state index contributed by atoms with van der Waals surface area (Å²) in [5.41, 5.74) is 1.40. The van der Waals surface area contributed by atoms with Gasteiger partial charge < -0.3 is 5.11 Å². The monoisotopic (exact) mass is 235 g/mol. The zero-order chi connectivity index (χ0) is 12.1.